The van der Waals surface area contributed by atoms with Gasteiger partial charge >= 0.3 is 0 Å². The first-order valence-corrected chi connectivity index (χ1v) is 13.3. The molecule has 0 unspecified atom stereocenters. The second-order valence-corrected chi connectivity index (χ2v) is 10.6. The SMILES string of the molecule is Cc1ccc(-n2c(SCC(=O)N(C)[C@@H](C)c3nc4ccccc4s3)nnc2N2CCCC2)cc1. The first-order chi connectivity index (χ1) is 16.5. The van der Waals surface area contributed by atoms with Gasteiger partial charge in [-0.25, -0.2) is 4.98 Å². The molecule has 0 saturated carbocycles. The van der Waals surface area contributed by atoms with Crippen molar-refractivity contribution in [1.82, 2.24) is 24.6 Å². The molecular weight excluding hydrogens is 464 g/mol. The predicted molar refractivity (Wildman–Crippen MR) is 139 cm³/mol. The topological polar surface area (TPSA) is 67.2 Å². The van der Waals surface area contributed by atoms with Gasteiger partial charge in [0.15, 0.2) is 5.16 Å². The number of aromatic nitrogens is 4. The maximum atomic E-state index is 13.1. The number of nitrogens with zero attached hydrogens (tertiary/aromatic N) is 6. The maximum absolute atomic E-state index is 13.1. The maximum Gasteiger partial charge on any atom is 0.233 e. The van der Waals surface area contributed by atoms with Crippen molar-refractivity contribution in [2.45, 2.75) is 37.9 Å². The lowest BCUT2D eigenvalue weighted by molar-refractivity contribution is -0.128. The van der Waals surface area contributed by atoms with Crippen molar-refractivity contribution in [3.63, 3.8) is 0 Å². The number of anilines is 1. The Morgan fingerprint density at radius 3 is 2.59 bits per heavy atom. The van der Waals surface area contributed by atoms with Gasteiger partial charge in [0.05, 0.1) is 27.7 Å². The summed E-state index contributed by atoms with van der Waals surface area (Å²) in [5.74, 6) is 1.18. The van der Waals surface area contributed by atoms with Gasteiger partial charge in [0.25, 0.3) is 0 Å². The number of carbonyl (C=O) groups is 1. The largest absolute Gasteiger partial charge is 0.341 e. The monoisotopic (exact) mass is 492 g/mol. The summed E-state index contributed by atoms with van der Waals surface area (Å²) in [5, 5.41) is 10.7. The van der Waals surface area contributed by atoms with E-state index in [1.807, 2.05) is 32.2 Å². The minimum Gasteiger partial charge on any atom is -0.341 e. The molecule has 0 radical (unpaired) electrons. The molecule has 1 saturated heterocycles. The highest BCUT2D eigenvalue weighted by molar-refractivity contribution is 7.99. The van der Waals surface area contributed by atoms with Gasteiger partial charge < -0.3 is 9.80 Å². The third-order valence-electron chi connectivity index (χ3n) is 6.26. The average Bonchev–Trinajstić information content (AvgIpc) is 3.61. The van der Waals surface area contributed by atoms with Crippen LogP contribution < -0.4 is 4.90 Å². The molecule has 1 aliphatic rings. The summed E-state index contributed by atoms with van der Waals surface area (Å²) in [6.45, 7) is 6.07. The average molecular weight is 493 g/mol. The van der Waals surface area contributed by atoms with E-state index < -0.39 is 0 Å². The molecule has 0 spiro atoms. The highest BCUT2D eigenvalue weighted by Gasteiger charge is 2.25. The van der Waals surface area contributed by atoms with Gasteiger partial charge in [-0.05, 0) is 51.0 Å². The van der Waals surface area contributed by atoms with E-state index in [-0.39, 0.29) is 17.7 Å². The van der Waals surface area contributed by atoms with Crippen LogP contribution in [0.4, 0.5) is 5.95 Å². The molecule has 1 atom stereocenters. The Bertz CT molecular complexity index is 1260. The molecule has 1 fully saturated rings. The van der Waals surface area contributed by atoms with E-state index in [4.69, 9.17) is 4.98 Å². The Labute approximate surface area is 207 Å². The Morgan fingerprint density at radius 1 is 1.12 bits per heavy atom. The quantitative estimate of drug-likeness (QED) is 0.335. The predicted octanol–water partition coefficient (Wildman–Crippen LogP) is 5.10. The first kappa shape index (κ1) is 22.9. The summed E-state index contributed by atoms with van der Waals surface area (Å²) in [7, 11) is 1.85. The van der Waals surface area contributed by atoms with Crippen LogP contribution in [0.1, 0.15) is 36.4 Å². The number of hydrogen-bond acceptors (Lipinski definition) is 7. The van der Waals surface area contributed by atoms with Gasteiger partial charge in [0.1, 0.15) is 5.01 Å². The number of carbonyl (C=O) groups excluding carboxylic acids is 1. The summed E-state index contributed by atoms with van der Waals surface area (Å²) >= 11 is 3.07. The molecule has 3 heterocycles. The minimum atomic E-state index is -0.0966. The third kappa shape index (κ3) is 4.54. The van der Waals surface area contributed by atoms with Gasteiger partial charge in [-0.1, -0.05) is 41.6 Å². The summed E-state index contributed by atoms with van der Waals surface area (Å²) in [6, 6.07) is 16.3. The zero-order valence-electron chi connectivity index (χ0n) is 19.6. The lowest BCUT2D eigenvalue weighted by Gasteiger charge is -2.23. The molecule has 2 aromatic heterocycles. The van der Waals surface area contributed by atoms with Gasteiger partial charge in [0, 0.05) is 20.1 Å². The number of amides is 1. The fraction of sp³-hybridized carbons (Fsp3) is 0.360. The van der Waals surface area contributed by atoms with Gasteiger partial charge in [0.2, 0.25) is 11.9 Å². The van der Waals surface area contributed by atoms with Crippen LogP contribution in [0.5, 0.6) is 0 Å². The fourth-order valence-electron chi connectivity index (χ4n) is 4.08. The van der Waals surface area contributed by atoms with Crippen LogP contribution in [-0.2, 0) is 4.79 Å². The molecule has 0 N–H and O–H groups in total. The normalized spacial score (nSPS) is 14.6. The van der Waals surface area contributed by atoms with E-state index in [2.05, 4.69) is 56.9 Å². The summed E-state index contributed by atoms with van der Waals surface area (Å²) in [5.41, 5.74) is 3.20. The fourth-order valence-corrected chi connectivity index (χ4v) is 6.01. The number of thiazole rings is 1. The second-order valence-electron chi connectivity index (χ2n) is 8.64. The summed E-state index contributed by atoms with van der Waals surface area (Å²) in [6.07, 6.45) is 2.33. The second kappa shape index (κ2) is 9.76. The van der Waals surface area contributed by atoms with Crippen molar-refractivity contribution >= 4 is 45.2 Å². The van der Waals surface area contributed by atoms with E-state index in [0.29, 0.717) is 0 Å². The van der Waals surface area contributed by atoms with Crippen molar-refractivity contribution in [3.05, 3.63) is 59.1 Å². The zero-order valence-corrected chi connectivity index (χ0v) is 21.3. The molecule has 0 bridgehead atoms. The lowest BCUT2D eigenvalue weighted by Crippen LogP contribution is -2.31. The molecule has 7 nitrogen and oxygen atoms in total. The van der Waals surface area contributed by atoms with Crippen LogP contribution >= 0.6 is 23.1 Å². The molecule has 5 rings (SSSR count). The highest BCUT2D eigenvalue weighted by Crippen LogP contribution is 2.31. The van der Waals surface area contributed by atoms with Crippen LogP contribution in [0.3, 0.4) is 0 Å². The Balaban J connectivity index is 1.33. The highest BCUT2D eigenvalue weighted by atomic mass is 32.2. The molecular formula is C25H28N6OS2. The molecule has 34 heavy (non-hydrogen) atoms. The first-order valence-electron chi connectivity index (χ1n) is 11.5. The van der Waals surface area contributed by atoms with Gasteiger partial charge in [-0.2, -0.15) is 0 Å². The van der Waals surface area contributed by atoms with E-state index in [9.17, 15) is 4.79 Å². The number of para-hydroxylation sites is 1. The van der Waals surface area contributed by atoms with E-state index in [1.54, 1.807) is 16.2 Å². The third-order valence-corrected chi connectivity index (χ3v) is 8.38. The molecule has 1 aliphatic heterocycles. The summed E-state index contributed by atoms with van der Waals surface area (Å²) < 4.78 is 3.22. The van der Waals surface area contributed by atoms with Crippen molar-refractivity contribution in [2.75, 3.05) is 30.8 Å². The lowest BCUT2D eigenvalue weighted by atomic mass is 10.2. The van der Waals surface area contributed by atoms with Crippen LogP contribution in [-0.4, -0.2) is 56.4 Å². The summed E-state index contributed by atoms with van der Waals surface area (Å²) in [4.78, 5) is 21.9. The van der Waals surface area contributed by atoms with Crippen molar-refractivity contribution in [3.8, 4) is 5.69 Å². The van der Waals surface area contributed by atoms with Crippen LogP contribution in [0.25, 0.3) is 15.9 Å². The van der Waals surface area contributed by atoms with E-state index >= 15 is 0 Å². The number of rotatable bonds is 7. The zero-order chi connectivity index (χ0) is 23.7. The molecule has 4 aromatic rings. The van der Waals surface area contributed by atoms with E-state index in [1.165, 1.54) is 17.3 Å². The molecule has 176 valence electrons. The number of thioether (sulfide) groups is 1. The van der Waals surface area contributed by atoms with Crippen molar-refractivity contribution < 1.29 is 4.79 Å². The minimum absolute atomic E-state index is 0.0398. The van der Waals surface area contributed by atoms with Crippen LogP contribution in [0.15, 0.2) is 53.7 Å². The standard InChI is InChI=1S/C25H28N6OS2/c1-17-10-12-19(13-11-17)31-24(30-14-6-7-15-30)27-28-25(31)33-16-22(32)29(3)18(2)23-26-20-8-4-5-9-21(20)34-23/h4-5,8-13,18H,6-7,14-16H2,1-3H3/t18-/m0/s1. The number of hydrogen-bond donors (Lipinski definition) is 0. The Kier molecular flexibility index (Phi) is 6.56. The van der Waals surface area contributed by atoms with Crippen molar-refractivity contribution in [1.29, 1.82) is 0 Å². The molecule has 2 aromatic carbocycles. The molecule has 0 aliphatic carbocycles. The van der Waals surface area contributed by atoms with Crippen molar-refractivity contribution in [2.24, 2.45) is 0 Å². The number of aryl methyl sites for hydroxylation is 1. The van der Waals surface area contributed by atoms with Crippen LogP contribution in [0, 0.1) is 6.92 Å². The van der Waals surface area contributed by atoms with Gasteiger partial charge in [-0.15, -0.1) is 21.5 Å². The van der Waals surface area contributed by atoms with Crippen LogP contribution in [0.2, 0.25) is 0 Å². The smallest absolute Gasteiger partial charge is 0.233 e. The molecule has 1 amide bonds. The van der Waals surface area contributed by atoms with Gasteiger partial charge in [-0.3, -0.25) is 9.36 Å². The molecule has 9 heteroatoms. The Morgan fingerprint density at radius 2 is 1.85 bits per heavy atom. The number of benzene rings is 2. The number of fused-ring (bicyclic) bond motifs is 1. The van der Waals surface area contributed by atoms with E-state index in [0.717, 1.165) is 57.9 Å². The Hall–Kier alpha value is -2.91.